The first-order valence-corrected chi connectivity index (χ1v) is 5.86. The Morgan fingerprint density at radius 2 is 2.21 bits per heavy atom. The molecule has 1 aromatic rings. The lowest BCUT2D eigenvalue weighted by molar-refractivity contribution is 0.339. The first-order chi connectivity index (χ1) is 6.74. The number of halogens is 1. The van der Waals surface area contributed by atoms with Crippen molar-refractivity contribution in [1.82, 2.24) is 0 Å². The van der Waals surface area contributed by atoms with Crippen LogP contribution < -0.4 is 4.74 Å². The predicted octanol–water partition coefficient (Wildman–Crippen LogP) is 3.27. The zero-order valence-corrected chi connectivity index (χ0v) is 9.36. The first kappa shape index (κ1) is 11.4. The Hall–Kier alpha value is -0.700. The van der Waals surface area contributed by atoms with Gasteiger partial charge in [-0.05, 0) is 24.3 Å². The molecule has 0 radical (unpaired) electrons. The van der Waals surface area contributed by atoms with E-state index in [1.165, 1.54) is 12.1 Å². The maximum Gasteiger partial charge on any atom is 0.126 e. The van der Waals surface area contributed by atoms with Gasteiger partial charge in [-0.1, -0.05) is 13.0 Å². The van der Waals surface area contributed by atoms with E-state index in [0.29, 0.717) is 12.4 Å². The third kappa shape index (κ3) is 3.58. The molecule has 0 spiro atoms. The molecular formula is C11H15FOS. The molecule has 0 unspecified atom stereocenters. The van der Waals surface area contributed by atoms with Crippen molar-refractivity contribution >= 4 is 11.8 Å². The molecule has 3 heteroatoms. The minimum atomic E-state index is -0.242. The smallest absolute Gasteiger partial charge is 0.126 e. The molecule has 0 saturated carbocycles. The summed E-state index contributed by atoms with van der Waals surface area (Å²) in [6.07, 6.45) is 0. The van der Waals surface area contributed by atoms with E-state index in [-0.39, 0.29) is 5.82 Å². The average Bonchev–Trinajstić information content (AvgIpc) is 2.18. The lowest BCUT2D eigenvalue weighted by atomic mass is 10.2. The third-order valence-corrected chi connectivity index (χ3v) is 2.70. The van der Waals surface area contributed by atoms with Gasteiger partial charge < -0.3 is 4.74 Å². The van der Waals surface area contributed by atoms with Gasteiger partial charge >= 0.3 is 0 Å². The molecule has 1 nitrogen and oxygen atoms in total. The van der Waals surface area contributed by atoms with Gasteiger partial charge in [0.25, 0.3) is 0 Å². The van der Waals surface area contributed by atoms with Crippen LogP contribution in [0, 0.1) is 12.7 Å². The van der Waals surface area contributed by atoms with Crippen molar-refractivity contribution in [2.24, 2.45) is 0 Å². The van der Waals surface area contributed by atoms with Crippen molar-refractivity contribution in [1.29, 1.82) is 0 Å². The second kappa shape index (κ2) is 5.91. The van der Waals surface area contributed by atoms with E-state index in [1.807, 2.05) is 18.7 Å². The summed E-state index contributed by atoms with van der Waals surface area (Å²) in [6.45, 7) is 4.67. The summed E-state index contributed by atoms with van der Waals surface area (Å²) in [5, 5.41) is 0. The van der Waals surface area contributed by atoms with Crippen LogP contribution in [0.1, 0.15) is 12.5 Å². The quantitative estimate of drug-likeness (QED) is 0.696. The number of thioether (sulfide) groups is 1. The van der Waals surface area contributed by atoms with Gasteiger partial charge in [0.15, 0.2) is 0 Å². The molecule has 0 fully saturated rings. The van der Waals surface area contributed by atoms with Gasteiger partial charge in [0.2, 0.25) is 0 Å². The molecule has 14 heavy (non-hydrogen) atoms. The van der Waals surface area contributed by atoms with E-state index < -0.39 is 0 Å². The second-order valence-corrected chi connectivity index (χ2v) is 4.35. The third-order valence-electron chi connectivity index (χ3n) is 1.84. The standard InChI is InChI=1S/C11H15FOS/c1-3-14-7-6-13-11-8-10(12)5-4-9(11)2/h4-5,8H,3,6-7H2,1-2H3. The van der Waals surface area contributed by atoms with E-state index in [0.717, 1.165) is 17.1 Å². The van der Waals surface area contributed by atoms with Crippen LogP contribution >= 0.6 is 11.8 Å². The van der Waals surface area contributed by atoms with Crippen LogP contribution in [-0.2, 0) is 0 Å². The molecule has 0 aliphatic heterocycles. The van der Waals surface area contributed by atoms with Crippen molar-refractivity contribution in [3.8, 4) is 5.75 Å². The summed E-state index contributed by atoms with van der Waals surface area (Å²) < 4.78 is 18.3. The molecular weight excluding hydrogens is 199 g/mol. The molecule has 1 aromatic carbocycles. The van der Waals surface area contributed by atoms with Gasteiger partial charge in [0.05, 0.1) is 6.61 Å². The molecule has 0 atom stereocenters. The summed E-state index contributed by atoms with van der Waals surface area (Å²) in [4.78, 5) is 0. The molecule has 0 saturated heterocycles. The molecule has 0 bridgehead atoms. The number of hydrogen-bond donors (Lipinski definition) is 0. The van der Waals surface area contributed by atoms with Crippen molar-refractivity contribution in [3.05, 3.63) is 29.6 Å². The van der Waals surface area contributed by atoms with Crippen molar-refractivity contribution < 1.29 is 9.13 Å². The van der Waals surface area contributed by atoms with Crippen LogP contribution in [0.2, 0.25) is 0 Å². The number of ether oxygens (including phenoxy) is 1. The van der Waals surface area contributed by atoms with E-state index in [9.17, 15) is 4.39 Å². The van der Waals surface area contributed by atoms with E-state index in [1.54, 1.807) is 6.07 Å². The molecule has 0 aliphatic carbocycles. The van der Waals surface area contributed by atoms with Gasteiger partial charge in [-0.25, -0.2) is 4.39 Å². The Morgan fingerprint density at radius 3 is 2.93 bits per heavy atom. The van der Waals surface area contributed by atoms with Crippen LogP contribution in [0.5, 0.6) is 5.75 Å². The van der Waals surface area contributed by atoms with Gasteiger partial charge in [0.1, 0.15) is 11.6 Å². The Bertz CT molecular complexity index is 289. The van der Waals surface area contributed by atoms with Crippen molar-refractivity contribution in [3.63, 3.8) is 0 Å². The highest BCUT2D eigenvalue weighted by molar-refractivity contribution is 7.99. The Kier molecular flexibility index (Phi) is 4.80. The Balaban J connectivity index is 2.45. The van der Waals surface area contributed by atoms with Gasteiger partial charge in [-0.15, -0.1) is 0 Å². The van der Waals surface area contributed by atoms with Crippen molar-refractivity contribution in [2.45, 2.75) is 13.8 Å². The number of aryl methyl sites for hydroxylation is 1. The van der Waals surface area contributed by atoms with Crippen molar-refractivity contribution in [2.75, 3.05) is 18.1 Å². The highest BCUT2D eigenvalue weighted by Crippen LogP contribution is 2.18. The first-order valence-electron chi connectivity index (χ1n) is 4.70. The zero-order valence-electron chi connectivity index (χ0n) is 8.55. The highest BCUT2D eigenvalue weighted by Gasteiger charge is 2.00. The molecule has 0 aromatic heterocycles. The van der Waals surface area contributed by atoms with Crippen LogP contribution in [0.4, 0.5) is 4.39 Å². The molecule has 0 aliphatic rings. The number of benzene rings is 1. The minimum Gasteiger partial charge on any atom is -0.492 e. The fourth-order valence-electron chi connectivity index (χ4n) is 1.08. The van der Waals surface area contributed by atoms with Crippen LogP contribution in [-0.4, -0.2) is 18.1 Å². The lowest BCUT2D eigenvalue weighted by Gasteiger charge is -2.08. The van der Waals surface area contributed by atoms with E-state index in [2.05, 4.69) is 6.92 Å². The normalized spacial score (nSPS) is 10.2. The Labute approximate surface area is 88.7 Å². The zero-order chi connectivity index (χ0) is 10.4. The fourth-order valence-corrected chi connectivity index (χ4v) is 1.57. The lowest BCUT2D eigenvalue weighted by Crippen LogP contribution is -2.01. The summed E-state index contributed by atoms with van der Waals surface area (Å²) in [5.74, 6) is 2.45. The summed E-state index contributed by atoms with van der Waals surface area (Å²) in [5.41, 5.74) is 0.980. The topological polar surface area (TPSA) is 9.23 Å². The van der Waals surface area contributed by atoms with E-state index >= 15 is 0 Å². The fraction of sp³-hybridized carbons (Fsp3) is 0.455. The largest absolute Gasteiger partial charge is 0.492 e. The average molecular weight is 214 g/mol. The number of rotatable bonds is 5. The summed E-state index contributed by atoms with van der Waals surface area (Å²) in [6, 6.07) is 4.62. The highest BCUT2D eigenvalue weighted by atomic mass is 32.2. The van der Waals surface area contributed by atoms with Gasteiger partial charge in [-0.2, -0.15) is 11.8 Å². The van der Waals surface area contributed by atoms with E-state index in [4.69, 9.17) is 4.74 Å². The second-order valence-electron chi connectivity index (χ2n) is 2.96. The number of hydrogen-bond acceptors (Lipinski definition) is 2. The van der Waals surface area contributed by atoms with Gasteiger partial charge in [0, 0.05) is 11.8 Å². The molecule has 0 N–H and O–H groups in total. The molecule has 1 rings (SSSR count). The maximum absolute atomic E-state index is 12.8. The minimum absolute atomic E-state index is 0.242. The van der Waals surface area contributed by atoms with Crippen LogP contribution in [0.25, 0.3) is 0 Å². The summed E-state index contributed by atoms with van der Waals surface area (Å²) in [7, 11) is 0. The monoisotopic (exact) mass is 214 g/mol. The Morgan fingerprint density at radius 1 is 1.43 bits per heavy atom. The van der Waals surface area contributed by atoms with Crippen LogP contribution in [0.15, 0.2) is 18.2 Å². The van der Waals surface area contributed by atoms with Gasteiger partial charge in [-0.3, -0.25) is 0 Å². The molecule has 0 heterocycles. The van der Waals surface area contributed by atoms with Crippen LogP contribution in [0.3, 0.4) is 0 Å². The SMILES string of the molecule is CCSCCOc1cc(F)ccc1C. The molecule has 78 valence electrons. The summed E-state index contributed by atoms with van der Waals surface area (Å²) >= 11 is 1.82. The predicted molar refractivity (Wildman–Crippen MR) is 59.6 cm³/mol. The molecule has 0 amide bonds. The maximum atomic E-state index is 12.8.